The van der Waals surface area contributed by atoms with Gasteiger partial charge in [-0.05, 0) is 37.3 Å². The summed E-state index contributed by atoms with van der Waals surface area (Å²) >= 11 is 0. The van der Waals surface area contributed by atoms with Gasteiger partial charge in [-0.2, -0.15) is 0 Å². The van der Waals surface area contributed by atoms with Gasteiger partial charge in [0.2, 0.25) is 10.0 Å². The zero-order valence-electron chi connectivity index (χ0n) is 20.3. The number of amides is 3. The third kappa shape index (κ3) is 6.86. The van der Waals surface area contributed by atoms with Crippen LogP contribution >= 0.6 is 0 Å². The number of nitrogens with zero attached hydrogens (tertiary/aromatic N) is 2. The largest absolute Gasteiger partial charge is 0.487 e. The Kier molecular flexibility index (Phi) is 8.23. The van der Waals surface area contributed by atoms with Crippen molar-refractivity contribution in [1.82, 2.24) is 9.80 Å². The summed E-state index contributed by atoms with van der Waals surface area (Å²) in [4.78, 5) is 29.2. The van der Waals surface area contributed by atoms with Crippen molar-refractivity contribution in [3.8, 4) is 5.75 Å². The van der Waals surface area contributed by atoms with E-state index in [9.17, 15) is 23.1 Å². The summed E-state index contributed by atoms with van der Waals surface area (Å²) in [5.74, 6) is -0.279. The molecule has 3 N–H and O–H groups in total. The molecule has 1 heterocycles. The van der Waals surface area contributed by atoms with E-state index < -0.39 is 22.2 Å². The van der Waals surface area contributed by atoms with Crippen LogP contribution < -0.4 is 14.8 Å². The summed E-state index contributed by atoms with van der Waals surface area (Å²) in [5.41, 5.74) is 1.07. The molecule has 190 valence electrons. The normalized spacial score (nSPS) is 19.0. The highest BCUT2D eigenvalue weighted by atomic mass is 32.2. The van der Waals surface area contributed by atoms with E-state index in [1.807, 2.05) is 25.1 Å². The minimum absolute atomic E-state index is 0.173. The van der Waals surface area contributed by atoms with Crippen LogP contribution in [0.1, 0.15) is 24.2 Å². The average molecular weight is 505 g/mol. The van der Waals surface area contributed by atoms with Gasteiger partial charge in [-0.1, -0.05) is 25.1 Å². The molecule has 10 nitrogen and oxygen atoms in total. The molecule has 3 atom stereocenters. The van der Waals surface area contributed by atoms with Crippen molar-refractivity contribution >= 4 is 33.3 Å². The molecule has 2 aromatic carbocycles. The van der Waals surface area contributed by atoms with Gasteiger partial charge in [-0.25, -0.2) is 13.2 Å². The number of aliphatic hydroxyl groups is 1. The molecule has 1 aliphatic rings. The summed E-state index contributed by atoms with van der Waals surface area (Å²) in [6.45, 7) is 3.93. The zero-order valence-corrected chi connectivity index (χ0v) is 21.1. The molecular formula is C24H32N4O6S. The first-order valence-electron chi connectivity index (χ1n) is 11.3. The molecule has 0 bridgehead atoms. The summed E-state index contributed by atoms with van der Waals surface area (Å²) in [7, 11) is -1.89. The van der Waals surface area contributed by atoms with Crippen molar-refractivity contribution in [1.29, 1.82) is 0 Å². The van der Waals surface area contributed by atoms with E-state index in [1.54, 1.807) is 31.0 Å². The maximum absolute atomic E-state index is 13.4. The van der Waals surface area contributed by atoms with Crippen LogP contribution in [-0.2, 0) is 10.0 Å². The fourth-order valence-corrected chi connectivity index (χ4v) is 4.37. The number of carbonyl (C=O) groups is 2. The molecule has 1 aliphatic heterocycles. The molecule has 35 heavy (non-hydrogen) atoms. The Balaban J connectivity index is 1.89. The summed E-state index contributed by atoms with van der Waals surface area (Å²) < 4.78 is 32.0. The highest BCUT2D eigenvalue weighted by Gasteiger charge is 2.34. The van der Waals surface area contributed by atoms with Gasteiger partial charge in [0.1, 0.15) is 11.9 Å². The third-order valence-corrected chi connectivity index (χ3v) is 6.40. The SMILES string of the molecule is C[C@@H]1CN([C@H](C)CO)C(=O)c2cc(NS(C)(=O)=O)ccc2O[C@H]1CN(C)C(=O)Nc1ccccc1. The number of urea groups is 1. The fraction of sp³-hybridized carbons (Fsp3) is 0.417. The lowest BCUT2D eigenvalue weighted by molar-refractivity contribution is 0.0371. The number of hydrogen-bond donors (Lipinski definition) is 3. The zero-order chi connectivity index (χ0) is 25.8. The number of ether oxygens (including phenoxy) is 1. The highest BCUT2D eigenvalue weighted by molar-refractivity contribution is 7.92. The molecule has 2 aromatic rings. The van der Waals surface area contributed by atoms with Gasteiger partial charge < -0.3 is 25.0 Å². The molecule has 0 fully saturated rings. The van der Waals surface area contributed by atoms with Crippen LogP contribution in [0.3, 0.4) is 0 Å². The summed E-state index contributed by atoms with van der Waals surface area (Å²) in [6, 6.07) is 12.8. The third-order valence-electron chi connectivity index (χ3n) is 5.79. The quantitative estimate of drug-likeness (QED) is 0.531. The van der Waals surface area contributed by atoms with Gasteiger partial charge in [0.25, 0.3) is 5.91 Å². The Bertz CT molecular complexity index is 1160. The number of rotatable bonds is 7. The van der Waals surface area contributed by atoms with E-state index in [0.29, 0.717) is 5.69 Å². The molecule has 0 radical (unpaired) electrons. The Labute approximate surface area is 205 Å². The first-order valence-corrected chi connectivity index (χ1v) is 13.1. The van der Waals surface area contributed by atoms with Crippen molar-refractivity contribution in [2.24, 2.45) is 5.92 Å². The summed E-state index contributed by atoms with van der Waals surface area (Å²) in [6.07, 6.45) is 0.548. The van der Waals surface area contributed by atoms with Gasteiger partial charge in [0, 0.05) is 30.9 Å². The van der Waals surface area contributed by atoms with Crippen LogP contribution in [0.5, 0.6) is 5.75 Å². The number of sulfonamides is 1. The minimum atomic E-state index is -3.55. The Morgan fingerprint density at radius 3 is 2.54 bits per heavy atom. The van der Waals surface area contributed by atoms with Crippen molar-refractivity contribution in [3.63, 3.8) is 0 Å². The van der Waals surface area contributed by atoms with Gasteiger partial charge in [-0.3, -0.25) is 9.52 Å². The number of aliphatic hydroxyl groups excluding tert-OH is 1. The van der Waals surface area contributed by atoms with Crippen LogP contribution in [0.15, 0.2) is 48.5 Å². The van der Waals surface area contributed by atoms with E-state index in [1.165, 1.54) is 23.1 Å². The lowest BCUT2D eigenvalue weighted by atomic mass is 9.99. The van der Waals surface area contributed by atoms with Crippen LogP contribution in [0.2, 0.25) is 0 Å². The maximum atomic E-state index is 13.4. The Morgan fingerprint density at radius 1 is 1.23 bits per heavy atom. The number of fused-ring (bicyclic) bond motifs is 1. The van der Waals surface area contributed by atoms with E-state index in [-0.39, 0.29) is 54.6 Å². The molecule has 0 saturated carbocycles. The molecule has 11 heteroatoms. The number of likely N-dealkylation sites (N-methyl/N-ethyl adjacent to an activating group) is 1. The maximum Gasteiger partial charge on any atom is 0.321 e. The number of benzene rings is 2. The second-order valence-corrected chi connectivity index (χ2v) is 10.6. The monoisotopic (exact) mass is 504 g/mol. The molecule has 0 aliphatic carbocycles. The summed E-state index contributed by atoms with van der Waals surface area (Å²) in [5, 5.41) is 12.6. The number of hydrogen-bond acceptors (Lipinski definition) is 6. The van der Waals surface area contributed by atoms with Crippen LogP contribution in [0.25, 0.3) is 0 Å². The number of anilines is 2. The van der Waals surface area contributed by atoms with E-state index in [0.717, 1.165) is 6.26 Å². The minimum Gasteiger partial charge on any atom is -0.487 e. The standard InChI is InChI=1S/C24H32N4O6S/c1-16-13-28(17(2)15-29)23(30)20-12-19(26-35(4,32)33)10-11-21(20)34-22(16)14-27(3)24(31)25-18-8-6-5-7-9-18/h5-12,16-17,22,26,29H,13-15H2,1-4H3,(H,25,31)/t16-,17-,22+/m1/s1. The van der Waals surface area contributed by atoms with Gasteiger partial charge in [0.05, 0.1) is 31.0 Å². The lowest BCUT2D eigenvalue weighted by Gasteiger charge is -2.38. The van der Waals surface area contributed by atoms with Gasteiger partial charge in [0.15, 0.2) is 0 Å². The van der Waals surface area contributed by atoms with E-state index >= 15 is 0 Å². The molecule has 3 amide bonds. The molecule has 0 aromatic heterocycles. The Morgan fingerprint density at radius 2 is 1.91 bits per heavy atom. The van der Waals surface area contributed by atoms with E-state index in [2.05, 4.69) is 10.0 Å². The molecule has 0 saturated heterocycles. The van der Waals surface area contributed by atoms with Crippen molar-refractivity contribution in [2.45, 2.75) is 26.0 Å². The van der Waals surface area contributed by atoms with Crippen LogP contribution in [0, 0.1) is 5.92 Å². The average Bonchev–Trinajstić information content (AvgIpc) is 2.80. The van der Waals surface area contributed by atoms with Gasteiger partial charge >= 0.3 is 6.03 Å². The molecule has 0 spiro atoms. The first kappa shape index (κ1) is 26.3. The van der Waals surface area contributed by atoms with Crippen molar-refractivity contribution < 1.29 is 27.9 Å². The van der Waals surface area contributed by atoms with Crippen LogP contribution in [-0.4, -0.2) is 80.4 Å². The second-order valence-electron chi connectivity index (χ2n) is 8.88. The molecular weight excluding hydrogens is 472 g/mol. The second kappa shape index (κ2) is 11.0. The fourth-order valence-electron chi connectivity index (χ4n) is 3.81. The van der Waals surface area contributed by atoms with Crippen molar-refractivity contribution in [2.75, 3.05) is 43.0 Å². The topological polar surface area (TPSA) is 128 Å². The predicted octanol–water partition coefficient (Wildman–Crippen LogP) is 2.44. The lowest BCUT2D eigenvalue weighted by Crippen LogP contribution is -2.50. The predicted molar refractivity (Wildman–Crippen MR) is 134 cm³/mol. The number of carbonyl (C=O) groups excluding carboxylic acids is 2. The molecule has 3 rings (SSSR count). The van der Waals surface area contributed by atoms with E-state index in [4.69, 9.17) is 4.74 Å². The number of nitrogens with one attached hydrogen (secondary N) is 2. The molecule has 0 unspecified atom stereocenters. The van der Waals surface area contributed by atoms with Crippen molar-refractivity contribution in [3.05, 3.63) is 54.1 Å². The Hall–Kier alpha value is -3.31. The first-order chi connectivity index (χ1) is 16.5. The van der Waals surface area contributed by atoms with Crippen LogP contribution in [0.4, 0.5) is 16.2 Å². The highest BCUT2D eigenvalue weighted by Crippen LogP contribution is 2.31. The smallest absolute Gasteiger partial charge is 0.321 e. The number of para-hydroxylation sites is 1. The van der Waals surface area contributed by atoms with Gasteiger partial charge in [-0.15, -0.1) is 0 Å².